The van der Waals surface area contributed by atoms with Gasteiger partial charge < -0.3 is 15.0 Å². The highest BCUT2D eigenvalue weighted by atomic mass is 16.5. The number of nitrogens with one attached hydrogen (secondary N) is 1. The third-order valence-electron chi connectivity index (χ3n) is 3.89. The van der Waals surface area contributed by atoms with Gasteiger partial charge in [0.05, 0.1) is 0 Å². The second kappa shape index (κ2) is 6.64. The van der Waals surface area contributed by atoms with Crippen LogP contribution in [0, 0.1) is 0 Å². The highest BCUT2D eigenvalue weighted by Gasteiger charge is 2.15. The minimum Gasteiger partial charge on any atom is -0.492 e. The molecule has 3 nitrogen and oxygen atoms in total. The summed E-state index contributed by atoms with van der Waals surface area (Å²) < 4.78 is 5.66. The van der Waals surface area contributed by atoms with Crippen molar-refractivity contribution in [2.75, 3.05) is 31.6 Å². The number of fused-ring (bicyclic) bond motifs is 1. The minimum atomic E-state index is 0.692. The maximum absolute atomic E-state index is 5.66. The summed E-state index contributed by atoms with van der Waals surface area (Å²) >= 11 is 0. The van der Waals surface area contributed by atoms with Crippen LogP contribution >= 0.6 is 0 Å². The fraction of sp³-hybridized carbons (Fsp3) is 0.333. The second-order valence-electron chi connectivity index (χ2n) is 5.47. The molecule has 1 heterocycles. The molecule has 2 aromatic carbocycles. The number of hydrogen-bond donors (Lipinski definition) is 1. The average molecular weight is 282 g/mol. The normalized spacial score (nSPS) is 13.3. The highest BCUT2D eigenvalue weighted by molar-refractivity contribution is 5.58. The number of para-hydroxylation sites is 1. The zero-order chi connectivity index (χ0) is 14.5. The summed E-state index contributed by atoms with van der Waals surface area (Å²) in [6, 6.07) is 16.7. The van der Waals surface area contributed by atoms with E-state index in [2.05, 4.69) is 35.5 Å². The van der Waals surface area contributed by atoms with Crippen LogP contribution in [0.3, 0.4) is 0 Å². The number of anilines is 1. The van der Waals surface area contributed by atoms with Crippen LogP contribution in [0.2, 0.25) is 0 Å². The van der Waals surface area contributed by atoms with Gasteiger partial charge in [0, 0.05) is 32.4 Å². The average Bonchev–Trinajstić information content (AvgIpc) is 2.89. The van der Waals surface area contributed by atoms with Crippen molar-refractivity contribution in [3.8, 4) is 5.75 Å². The minimum absolute atomic E-state index is 0.692. The van der Waals surface area contributed by atoms with Crippen LogP contribution in [0.25, 0.3) is 0 Å². The first-order chi connectivity index (χ1) is 10.3. The van der Waals surface area contributed by atoms with Crippen LogP contribution < -0.4 is 15.0 Å². The largest absolute Gasteiger partial charge is 0.492 e. The number of likely N-dealkylation sites (N-methyl/N-ethyl adjacent to an activating group) is 1. The zero-order valence-electron chi connectivity index (χ0n) is 12.5. The first-order valence-corrected chi connectivity index (χ1v) is 7.54. The molecule has 0 aliphatic carbocycles. The molecular formula is C18H22N2O. The summed E-state index contributed by atoms with van der Waals surface area (Å²) in [6.07, 6.45) is 1.16. The van der Waals surface area contributed by atoms with Crippen molar-refractivity contribution in [2.24, 2.45) is 0 Å². The van der Waals surface area contributed by atoms with Crippen LogP contribution in [-0.4, -0.2) is 26.7 Å². The Hall–Kier alpha value is -2.00. The van der Waals surface area contributed by atoms with Crippen LogP contribution in [0.1, 0.15) is 11.1 Å². The number of benzene rings is 2. The van der Waals surface area contributed by atoms with E-state index in [1.165, 1.54) is 16.8 Å². The van der Waals surface area contributed by atoms with Gasteiger partial charge in [-0.25, -0.2) is 0 Å². The Morgan fingerprint density at radius 2 is 2.00 bits per heavy atom. The van der Waals surface area contributed by atoms with Crippen molar-refractivity contribution in [1.29, 1.82) is 0 Å². The van der Waals surface area contributed by atoms with Gasteiger partial charge in [-0.15, -0.1) is 0 Å². The molecule has 1 N–H and O–H groups in total. The Morgan fingerprint density at radius 3 is 2.86 bits per heavy atom. The SMILES string of the molecule is CN1CCc2cc(CNCCOc3ccccc3)ccc21. The van der Waals surface area contributed by atoms with E-state index in [9.17, 15) is 0 Å². The molecule has 0 radical (unpaired) electrons. The zero-order valence-corrected chi connectivity index (χ0v) is 12.5. The molecule has 2 aromatic rings. The quantitative estimate of drug-likeness (QED) is 0.825. The van der Waals surface area contributed by atoms with Gasteiger partial charge in [0.25, 0.3) is 0 Å². The van der Waals surface area contributed by atoms with E-state index in [-0.39, 0.29) is 0 Å². The number of rotatable bonds is 6. The predicted molar refractivity (Wildman–Crippen MR) is 87.1 cm³/mol. The van der Waals surface area contributed by atoms with Gasteiger partial charge in [0.1, 0.15) is 12.4 Å². The maximum atomic E-state index is 5.66. The van der Waals surface area contributed by atoms with E-state index < -0.39 is 0 Å². The summed E-state index contributed by atoms with van der Waals surface area (Å²) in [5.74, 6) is 0.930. The van der Waals surface area contributed by atoms with Crippen molar-refractivity contribution in [3.63, 3.8) is 0 Å². The Morgan fingerprint density at radius 1 is 1.14 bits per heavy atom. The van der Waals surface area contributed by atoms with Crippen LogP contribution in [0.15, 0.2) is 48.5 Å². The summed E-state index contributed by atoms with van der Waals surface area (Å²) in [4.78, 5) is 2.32. The molecular weight excluding hydrogens is 260 g/mol. The molecule has 0 saturated heterocycles. The lowest BCUT2D eigenvalue weighted by atomic mass is 10.1. The molecule has 1 aliphatic heterocycles. The Balaban J connectivity index is 1.42. The van der Waals surface area contributed by atoms with Crippen LogP contribution in [0.5, 0.6) is 5.75 Å². The Kier molecular flexibility index (Phi) is 4.41. The van der Waals surface area contributed by atoms with Crippen LogP contribution in [-0.2, 0) is 13.0 Å². The van der Waals surface area contributed by atoms with Gasteiger partial charge in [-0.1, -0.05) is 30.3 Å². The van der Waals surface area contributed by atoms with Crippen molar-refractivity contribution in [2.45, 2.75) is 13.0 Å². The smallest absolute Gasteiger partial charge is 0.119 e. The van der Waals surface area contributed by atoms with Gasteiger partial charge in [0.2, 0.25) is 0 Å². The summed E-state index contributed by atoms with van der Waals surface area (Å²) in [5.41, 5.74) is 4.20. The van der Waals surface area contributed by atoms with Gasteiger partial charge in [-0.3, -0.25) is 0 Å². The molecule has 110 valence electrons. The lowest BCUT2D eigenvalue weighted by molar-refractivity contribution is 0.313. The molecule has 0 unspecified atom stereocenters. The third kappa shape index (κ3) is 3.56. The summed E-state index contributed by atoms with van der Waals surface area (Å²) in [7, 11) is 2.16. The van der Waals surface area contributed by atoms with E-state index in [4.69, 9.17) is 4.74 Å². The van der Waals surface area contributed by atoms with E-state index >= 15 is 0 Å². The van der Waals surface area contributed by atoms with E-state index in [0.29, 0.717) is 6.61 Å². The van der Waals surface area contributed by atoms with Gasteiger partial charge in [0.15, 0.2) is 0 Å². The second-order valence-corrected chi connectivity index (χ2v) is 5.47. The molecule has 3 heteroatoms. The fourth-order valence-electron chi connectivity index (χ4n) is 2.72. The number of ether oxygens (including phenoxy) is 1. The molecule has 0 fully saturated rings. The molecule has 0 aromatic heterocycles. The molecule has 3 rings (SSSR count). The topological polar surface area (TPSA) is 24.5 Å². The molecule has 0 amide bonds. The van der Waals surface area contributed by atoms with E-state index in [1.807, 2.05) is 30.3 Å². The van der Waals surface area contributed by atoms with E-state index in [0.717, 1.165) is 31.8 Å². The first-order valence-electron chi connectivity index (χ1n) is 7.54. The fourth-order valence-corrected chi connectivity index (χ4v) is 2.72. The molecule has 0 atom stereocenters. The predicted octanol–water partition coefficient (Wildman–Crippen LogP) is 2.85. The van der Waals surface area contributed by atoms with Crippen molar-refractivity contribution < 1.29 is 4.74 Å². The monoisotopic (exact) mass is 282 g/mol. The van der Waals surface area contributed by atoms with E-state index in [1.54, 1.807) is 0 Å². The van der Waals surface area contributed by atoms with Gasteiger partial charge in [-0.2, -0.15) is 0 Å². The highest BCUT2D eigenvalue weighted by Crippen LogP contribution is 2.27. The third-order valence-corrected chi connectivity index (χ3v) is 3.89. The molecule has 0 spiro atoms. The lowest BCUT2D eigenvalue weighted by Gasteiger charge is -2.12. The summed E-state index contributed by atoms with van der Waals surface area (Å²) in [5, 5.41) is 3.44. The maximum Gasteiger partial charge on any atom is 0.119 e. The molecule has 0 saturated carbocycles. The first kappa shape index (κ1) is 14.0. The lowest BCUT2D eigenvalue weighted by Crippen LogP contribution is -2.20. The standard InChI is InChI=1S/C18H22N2O/c1-20-11-9-16-13-15(7-8-18(16)20)14-19-10-12-21-17-5-3-2-4-6-17/h2-8,13,19H,9-12,14H2,1H3. The molecule has 21 heavy (non-hydrogen) atoms. The Bertz CT molecular complexity index is 583. The summed E-state index contributed by atoms with van der Waals surface area (Å²) in [6.45, 7) is 3.58. The molecule has 0 bridgehead atoms. The Labute approximate surface area is 126 Å². The van der Waals surface area contributed by atoms with Crippen LogP contribution in [0.4, 0.5) is 5.69 Å². The number of nitrogens with zero attached hydrogens (tertiary/aromatic N) is 1. The van der Waals surface area contributed by atoms with Crippen molar-refractivity contribution in [3.05, 3.63) is 59.7 Å². The number of hydrogen-bond acceptors (Lipinski definition) is 3. The molecule has 1 aliphatic rings. The van der Waals surface area contributed by atoms with Crippen molar-refractivity contribution >= 4 is 5.69 Å². The van der Waals surface area contributed by atoms with Gasteiger partial charge >= 0.3 is 0 Å². The van der Waals surface area contributed by atoms with Crippen molar-refractivity contribution in [1.82, 2.24) is 5.32 Å². The van der Waals surface area contributed by atoms with Gasteiger partial charge in [-0.05, 0) is 35.7 Å².